The molecule has 0 amide bonds. The summed E-state index contributed by atoms with van der Waals surface area (Å²) in [4.78, 5) is 11.2. The van der Waals surface area contributed by atoms with Crippen molar-refractivity contribution in [3.05, 3.63) is 11.8 Å². The van der Waals surface area contributed by atoms with E-state index in [9.17, 15) is 4.79 Å². The normalized spacial score (nSPS) is 23.9. The van der Waals surface area contributed by atoms with E-state index < -0.39 is 5.97 Å². The average Bonchev–Trinajstić information content (AvgIpc) is 2.13. The first-order valence-electron chi connectivity index (χ1n) is 3.84. The third-order valence-electron chi connectivity index (χ3n) is 1.78. The number of carboxylic acid groups (broad SMARTS) is 1. The first-order valence-corrected chi connectivity index (χ1v) is 4.25. The summed E-state index contributed by atoms with van der Waals surface area (Å²) in [5, 5.41) is 11.4. The van der Waals surface area contributed by atoms with Gasteiger partial charge >= 0.3 is 5.97 Å². The first-order chi connectivity index (χ1) is 5.59. The number of aliphatic carboxylic acids is 1. The van der Waals surface area contributed by atoms with E-state index >= 15 is 0 Å². The quantitative estimate of drug-likeness (QED) is 0.605. The molecule has 4 heteroatoms. The van der Waals surface area contributed by atoms with Crippen LogP contribution < -0.4 is 5.32 Å². The molecular formula is C8H11NO2S. The van der Waals surface area contributed by atoms with Crippen LogP contribution in [0.15, 0.2) is 11.8 Å². The Kier molecular flexibility index (Phi) is 2.81. The highest BCUT2D eigenvalue weighted by Crippen LogP contribution is 2.13. The molecule has 0 saturated heterocycles. The number of carbonyl (C=O) groups is 1. The monoisotopic (exact) mass is 185 g/mol. The van der Waals surface area contributed by atoms with Crippen LogP contribution in [-0.2, 0) is 4.79 Å². The van der Waals surface area contributed by atoms with Crippen molar-refractivity contribution in [3.8, 4) is 0 Å². The fourth-order valence-electron chi connectivity index (χ4n) is 1.11. The molecule has 1 aliphatic heterocycles. The van der Waals surface area contributed by atoms with E-state index in [0.29, 0.717) is 4.99 Å². The van der Waals surface area contributed by atoms with Crippen LogP contribution in [0.1, 0.15) is 19.8 Å². The molecule has 1 heterocycles. The number of thiocarbonyl (C=S) groups is 1. The summed E-state index contributed by atoms with van der Waals surface area (Å²) in [5.41, 5.74) is 0.213. The molecular weight excluding hydrogens is 174 g/mol. The molecule has 0 bridgehead atoms. The van der Waals surface area contributed by atoms with Crippen LogP contribution in [0.3, 0.4) is 0 Å². The average molecular weight is 185 g/mol. The van der Waals surface area contributed by atoms with E-state index in [0.717, 1.165) is 12.8 Å². The van der Waals surface area contributed by atoms with Gasteiger partial charge in [-0.05, 0) is 18.8 Å². The Morgan fingerprint density at radius 1 is 1.83 bits per heavy atom. The van der Waals surface area contributed by atoms with Crippen molar-refractivity contribution in [3.63, 3.8) is 0 Å². The second kappa shape index (κ2) is 3.67. The lowest BCUT2D eigenvalue weighted by atomic mass is 10.1. The molecule has 0 radical (unpaired) electrons. The van der Waals surface area contributed by atoms with Gasteiger partial charge in [0.25, 0.3) is 0 Å². The zero-order valence-corrected chi connectivity index (χ0v) is 7.65. The highest BCUT2D eigenvalue weighted by molar-refractivity contribution is 7.80. The first kappa shape index (κ1) is 9.19. The molecule has 0 fully saturated rings. The summed E-state index contributed by atoms with van der Waals surface area (Å²) in [6.45, 7) is 1.98. The van der Waals surface area contributed by atoms with Gasteiger partial charge < -0.3 is 10.4 Å². The Hall–Kier alpha value is -0.900. The Labute approximate surface area is 76.5 Å². The second-order valence-electron chi connectivity index (χ2n) is 2.95. The molecule has 1 rings (SSSR count). The van der Waals surface area contributed by atoms with Gasteiger partial charge in [-0.3, -0.25) is 0 Å². The number of nitrogens with one attached hydrogen (secondary N) is 1. The van der Waals surface area contributed by atoms with Gasteiger partial charge in [0.2, 0.25) is 0 Å². The van der Waals surface area contributed by atoms with E-state index in [1.165, 1.54) is 0 Å². The number of carboxylic acids is 1. The molecule has 0 spiro atoms. The van der Waals surface area contributed by atoms with Gasteiger partial charge in [0.05, 0.1) is 4.99 Å². The Morgan fingerprint density at radius 3 is 3.08 bits per heavy atom. The lowest BCUT2D eigenvalue weighted by Gasteiger charge is -2.02. The number of rotatable bonds is 1. The molecule has 1 atom stereocenters. The minimum absolute atomic E-state index is 0.213. The van der Waals surface area contributed by atoms with Crippen LogP contribution in [-0.4, -0.2) is 16.1 Å². The molecule has 0 saturated carbocycles. The van der Waals surface area contributed by atoms with Crippen molar-refractivity contribution in [1.29, 1.82) is 0 Å². The summed E-state index contributed by atoms with van der Waals surface area (Å²) < 4.78 is 0. The summed E-state index contributed by atoms with van der Waals surface area (Å²) in [6, 6.07) is 0. The maximum atomic E-state index is 10.6. The minimum Gasteiger partial charge on any atom is -0.477 e. The maximum absolute atomic E-state index is 10.6. The van der Waals surface area contributed by atoms with Crippen molar-refractivity contribution < 1.29 is 9.90 Å². The van der Waals surface area contributed by atoms with Gasteiger partial charge in [-0.2, -0.15) is 0 Å². The van der Waals surface area contributed by atoms with Gasteiger partial charge in [-0.1, -0.05) is 25.2 Å². The van der Waals surface area contributed by atoms with Crippen molar-refractivity contribution in [1.82, 2.24) is 5.32 Å². The SMILES string of the molecule is CC1C=C(C(=O)O)NC(=S)CC1. The van der Waals surface area contributed by atoms with Crippen molar-refractivity contribution in [2.75, 3.05) is 0 Å². The summed E-state index contributed by atoms with van der Waals surface area (Å²) >= 11 is 4.93. The van der Waals surface area contributed by atoms with E-state index in [4.69, 9.17) is 17.3 Å². The highest BCUT2D eigenvalue weighted by atomic mass is 32.1. The molecule has 0 aromatic heterocycles. The van der Waals surface area contributed by atoms with Crippen LogP contribution in [0.2, 0.25) is 0 Å². The van der Waals surface area contributed by atoms with Crippen LogP contribution in [0.4, 0.5) is 0 Å². The van der Waals surface area contributed by atoms with Crippen LogP contribution in [0.5, 0.6) is 0 Å². The van der Waals surface area contributed by atoms with Gasteiger partial charge in [-0.25, -0.2) is 4.79 Å². The molecule has 3 nitrogen and oxygen atoms in total. The predicted molar refractivity (Wildman–Crippen MR) is 49.9 cm³/mol. The van der Waals surface area contributed by atoms with Crippen molar-refractivity contribution >= 4 is 23.2 Å². The zero-order valence-electron chi connectivity index (χ0n) is 6.83. The lowest BCUT2D eigenvalue weighted by molar-refractivity contribution is -0.132. The van der Waals surface area contributed by atoms with Gasteiger partial charge in [0.1, 0.15) is 5.70 Å². The summed E-state index contributed by atoms with van der Waals surface area (Å²) in [5.74, 6) is -0.657. The standard InChI is InChI=1S/C8H11NO2S/c1-5-2-3-7(12)9-6(4-5)8(10)11/h4-5H,2-3H2,1H3,(H,9,12)(H,10,11). The molecule has 0 aromatic rings. The third kappa shape index (κ3) is 2.30. The topological polar surface area (TPSA) is 49.3 Å². The molecule has 1 unspecified atom stereocenters. The fourth-order valence-corrected chi connectivity index (χ4v) is 1.33. The van der Waals surface area contributed by atoms with E-state index in [1.54, 1.807) is 6.08 Å². The molecule has 0 aliphatic carbocycles. The summed E-state index contributed by atoms with van der Waals surface area (Å²) in [6.07, 6.45) is 3.40. The smallest absolute Gasteiger partial charge is 0.351 e. The highest BCUT2D eigenvalue weighted by Gasteiger charge is 2.15. The molecule has 12 heavy (non-hydrogen) atoms. The minimum atomic E-state index is -0.939. The van der Waals surface area contributed by atoms with Gasteiger partial charge in [0.15, 0.2) is 0 Å². The predicted octanol–water partition coefficient (Wildman–Crippen LogP) is 1.30. The third-order valence-corrected chi connectivity index (χ3v) is 2.09. The van der Waals surface area contributed by atoms with Crippen LogP contribution >= 0.6 is 12.2 Å². The largest absolute Gasteiger partial charge is 0.477 e. The second-order valence-corrected chi connectivity index (χ2v) is 3.44. The number of hydrogen-bond acceptors (Lipinski definition) is 2. The Morgan fingerprint density at radius 2 is 2.50 bits per heavy atom. The molecule has 1 aliphatic rings. The van der Waals surface area contributed by atoms with Gasteiger partial charge in [0, 0.05) is 0 Å². The van der Waals surface area contributed by atoms with Crippen molar-refractivity contribution in [2.45, 2.75) is 19.8 Å². The molecule has 66 valence electrons. The van der Waals surface area contributed by atoms with E-state index in [2.05, 4.69) is 5.32 Å². The van der Waals surface area contributed by atoms with Crippen molar-refractivity contribution in [2.24, 2.45) is 5.92 Å². The molecule has 0 aromatic carbocycles. The zero-order chi connectivity index (χ0) is 9.14. The maximum Gasteiger partial charge on any atom is 0.351 e. The van der Waals surface area contributed by atoms with Crippen LogP contribution in [0.25, 0.3) is 0 Å². The van der Waals surface area contributed by atoms with Crippen LogP contribution in [0, 0.1) is 5.92 Å². The molecule has 2 N–H and O–H groups in total. The summed E-state index contributed by atoms with van der Waals surface area (Å²) in [7, 11) is 0. The number of hydrogen-bond donors (Lipinski definition) is 2. The lowest BCUT2D eigenvalue weighted by Crippen LogP contribution is -2.24. The van der Waals surface area contributed by atoms with Gasteiger partial charge in [-0.15, -0.1) is 0 Å². The van der Waals surface area contributed by atoms with E-state index in [-0.39, 0.29) is 11.6 Å². The fraction of sp³-hybridized carbons (Fsp3) is 0.500. The Bertz CT molecular complexity index is 247. The number of allylic oxidation sites excluding steroid dienone is 1. The van der Waals surface area contributed by atoms with E-state index in [1.807, 2.05) is 6.92 Å². The Balaban J connectivity index is 2.80.